The molecule has 1 N–H and O–H groups in total. The van der Waals surface area contributed by atoms with Crippen molar-refractivity contribution in [3.05, 3.63) is 29.8 Å². The maximum atomic E-state index is 12.2. The average Bonchev–Trinajstić information content (AvgIpc) is 2.54. The van der Waals surface area contributed by atoms with Crippen molar-refractivity contribution in [2.75, 3.05) is 31.2 Å². The van der Waals surface area contributed by atoms with Crippen LogP contribution < -0.4 is 10.2 Å². The highest BCUT2D eigenvalue weighted by molar-refractivity contribution is 7.78. The summed E-state index contributed by atoms with van der Waals surface area (Å²) in [6, 6.07) is 8.19. The lowest BCUT2D eigenvalue weighted by atomic mass is 9.87. The van der Waals surface area contributed by atoms with E-state index in [2.05, 4.69) is 32.6 Å². The summed E-state index contributed by atoms with van der Waals surface area (Å²) in [4.78, 5) is 18.5. The van der Waals surface area contributed by atoms with E-state index in [1.54, 1.807) is 0 Å². The molecule has 2 aliphatic rings. The van der Waals surface area contributed by atoms with Crippen LogP contribution in [0.25, 0.3) is 0 Å². The first-order valence-electron chi connectivity index (χ1n) is 7.57. The molecule has 1 saturated carbocycles. The minimum absolute atomic E-state index is 0. The summed E-state index contributed by atoms with van der Waals surface area (Å²) in [6.45, 7) is 3.31. The SMILES string of the molecule is O=C(NC1CC(N=C=S)C1)c1ccc(N2CCOCC2)cc1.[HH]. The summed E-state index contributed by atoms with van der Waals surface area (Å²) in [5, 5.41) is 5.42. The molecule has 3 rings (SSSR count). The van der Waals surface area contributed by atoms with Crippen molar-refractivity contribution in [3.8, 4) is 0 Å². The number of hydrogen-bond donors (Lipinski definition) is 1. The third kappa shape index (κ3) is 3.53. The van der Waals surface area contributed by atoms with E-state index in [0.29, 0.717) is 5.56 Å². The fraction of sp³-hybridized carbons (Fsp3) is 0.500. The lowest BCUT2D eigenvalue weighted by Gasteiger charge is -2.32. The van der Waals surface area contributed by atoms with Gasteiger partial charge in [-0.25, -0.2) is 4.99 Å². The number of anilines is 1. The monoisotopic (exact) mass is 319 g/mol. The summed E-state index contributed by atoms with van der Waals surface area (Å²) >= 11 is 4.58. The Bertz CT molecular complexity index is 577. The van der Waals surface area contributed by atoms with Gasteiger partial charge in [-0.05, 0) is 49.3 Å². The maximum Gasteiger partial charge on any atom is 0.251 e. The van der Waals surface area contributed by atoms with Gasteiger partial charge in [0.15, 0.2) is 0 Å². The van der Waals surface area contributed by atoms with Crippen molar-refractivity contribution >= 4 is 29.0 Å². The van der Waals surface area contributed by atoms with Crippen LogP contribution in [0.2, 0.25) is 0 Å². The highest BCUT2D eigenvalue weighted by Crippen LogP contribution is 2.23. The van der Waals surface area contributed by atoms with Crippen LogP contribution in [0.3, 0.4) is 0 Å². The fourth-order valence-corrected chi connectivity index (χ4v) is 2.95. The number of carbonyl (C=O) groups is 1. The summed E-state index contributed by atoms with van der Waals surface area (Å²) in [7, 11) is 0. The van der Waals surface area contributed by atoms with E-state index < -0.39 is 0 Å². The van der Waals surface area contributed by atoms with Crippen LogP contribution in [-0.4, -0.2) is 49.5 Å². The van der Waals surface area contributed by atoms with Crippen LogP contribution in [0.15, 0.2) is 29.3 Å². The Morgan fingerprint density at radius 3 is 2.64 bits per heavy atom. The van der Waals surface area contributed by atoms with E-state index in [-0.39, 0.29) is 19.4 Å². The van der Waals surface area contributed by atoms with Gasteiger partial charge in [0, 0.05) is 31.8 Å². The van der Waals surface area contributed by atoms with Gasteiger partial charge >= 0.3 is 0 Å². The van der Waals surface area contributed by atoms with E-state index in [0.717, 1.165) is 44.8 Å². The molecule has 0 atom stereocenters. The predicted molar refractivity (Wildman–Crippen MR) is 90.9 cm³/mol. The van der Waals surface area contributed by atoms with Crippen LogP contribution in [0.5, 0.6) is 0 Å². The van der Waals surface area contributed by atoms with E-state index in [1.165, 1.54) is 0 Å². The van der Waals surface area contributed by atoms with Gasteiger partial charge in [-0.15, -0.1) is 0 Å². The summed E-state index contributed by atoms with van der Waals surface area (Å²) < 4.78 is 5.35. The Balaban J connectivity index is 0.00000192. The highest BCUT2D eigenvalue weighted by Gasteiger charge is 2.30. The molecule has 5 nitrogen and oxygen atoms in total. The second kappa shape index (κ2) is 7.01. The molecule has 22 heavy (non-hydrogen) atoms. The number of ether oxygens (including phenoxy) is 1. The second-order valence-electron chi connectivity index (χ2n) is 5.66. The number of hydrogen-bond acceptors (Lipinski definition) is 5. The van der Waals surface area contributed by atoms with Gasteiger partial charge in [0.2, 0.25) is 0 Å². The van der Waals surface area contributed by atoms with Crippen LogP contribution >= 0.6 is 12.2 Å². The van der Waals surface area contributed by atoms with Gasteiger partial charge in [-0.1, -0.05) is 0 Å². The molecule has 6 heteroatoms. The largest absolute Gasteiger partial charge is 0.378 e. The third-order valence-corrected chi connectivity index (χ3v) is 4.29. The number of thiocarbonyl (C=S) groups is 1. The summed E-state index contributed by atoms with van der Waals surface area (Å²) in [6.07, 6.45) is 1.70. The van der Waals surface area contributed by atoms with Crippen molar-refractivity contribution in [1.82, 2.24) is 5.32 Å². The number of aliphatic imine (C=N–C) groups is 1. The molecule has 1 saturated heterocycles. The van der Waals surface area contributed by atoms with E-state index in [9.17, 15) is 4.79 Å². The van der Waals surface area contributed by atoms with Crippen molar-refractivity contribution < 1.29 is 11.0 Å². The van der Waals surface area contributed by atoms with Crippen LogP contribution in [0.1, 0.15) is 24.6 Å². The Morgan fingerprint density at radius 2 is 2.00 bits per heavy atom. The Kier molecular flexibility index (Phi) is 4.83. The topological polar surface area (TPSA) is 53.9 Å². The van der Waals surface area contributed by atoms with Gasteiger partial charge < -0.3 is 15.0 Å². The van der Waals surface area contributed by atoms with Crippen molar-refractivity contribution in [2.45, 2.75) is 24.9 Å². The van der Waals surface area contributed by atoms with Crippen LogP contribution in [0, 0.1) is 0 Å². The molecule has 1 aliphatic carbocycles. The Hall–Kier alpha value is -1.75. The summed E-state index contributed by atoms with van der Waals surface area (Å²) in [5.74, 6) is -0.0247. The Labute approximate surface area is 136 Å². The quantitative estimate of drug-likeness (QED) is 0.682. The molecule has 1 amide bonds. The zero-order valence-corrected chi connectivity index (χ0v) is 13.1. The molecule has 2 fully saturated rings. The number of isothiocyanates is 1. The zero-order chi connectivity index (χ0) is 15.4. The number of rotatable bonds is 4. The first kappa shape index (κ1) is 15.2. The first-order chi connectivity index (χ1) is 10.8. The number of benzene rings is 1. The molecule has 0 bridgehead atoms. The molecule has 1 heterocycles. The molecule has 0 spiro atoms. The van der Waals surface area contributed by atoms with Crippen molar-refractivity contribution in [1.29, 1.82) is 0 Å². The number of carbonyl (C=O) groups excluding carboxylic acids is 1. The molecule has 0 radical (unpaired) electrons. The number of amides is 1. The van der Waals surface area contributed by atoms with E-state index in [1.807, 2.05) is 24.3 Å². The number of nitrogens with one attached hydrogen (secondary N) is 1. The van der Waals surface area contributed by atoms with Crippen LogP contribution in [0.4, 0.5) is 5.69 Å². The van der Waals surface area contributed by atoms with Crippen molar-refractivity contribution in [3.63, 3.8) is 0 Å². The normalized spacial score (nSPS) is 24.1. The van der Waals surface area contributed by atoms with Gasteiger partial charge in [-0.3, -0.25) is 4.79 Å². The first-order valence-corrected chi connectivity index (χ1v) is 7.97. The molecule has 0 aromatic heterocycles. The zero-order valence-electron chi connectivity index (χ0n) is 12.3. The smallest absolute Gasteiger partial charge is 0.251 e. The molecule has 0 unspecified atom stereocenters. The van der Waals surface area contributed by atoms with Gasteiger partial charge in [0.25, 0.3) is 5.91 Å². The highest BCUT2D eigenvalue weighted by atomic mass is 32.1. The third-order valence-electron chi connectivity index (χ3n) is 4.19. The van der Waals surface area contributed by atoms with Crippen molar-refractivity contribution in [2.24, 2.45) is 4.99 Å². The minimum Gasteiger partial charge on any atom is -0.378 e. The lowest BCUT2D eigenvalue weighted by Crippen LogP contribution is -2.46. The van der Waals surface area contributed by atoms with Gasteiger partial charge in [0.1, 0.15) is 0 Å². The number of nitrogens with zero attached hydrogens (tertiary/aromatic N) is 2. The Morgan fingerprint density at radius 1 is 1.32 bits per heavy atom. The number of morpholine rings is 1. The van der Waals surface area contributed by atoms with E-state index >= 15 is 0 Å². The minimum atomic E-state index is -0.0247. The standard InChI is InChI=1S/C16H19N3O2S.H2/c20-16(18-14-9-13(10-14)17-11-22)12-1-3-15(4-2-12)19-5-7-21-8-6-19;/h1-4,13-14H,5-10H2,(H,18,20);1H. The van der Waals surface area contributed by atoms with E-state index in [4.69, 9.17) is 4.74 Å². The molecule has 118 valence electrons. The molecular formula is C16H21N3O2S. The molecule has 1 aliphatic heterocycles. The molecule has 1 aromatic rings. The lowest BCUT2D eigenvalue weighted by molar-refractivity contribution is 0.0910. The predicted octanol–water partition coefficient (Wildman–Crippen LogP) is 2.13. The van der Waals surface area contributed by atoms with Crippen LogP contribution in [-0.2, 0) is 4.74 Å². The molecule has 1 aromatic carbocycles. The van der Waals surface area contributed by atoms with Gasteiger partial charge in [-0.2, -0.15) is 0 Å². The maximum absolute atomic E-state index is 12.2. The fourth-order valence-electron chi connectivity index (χ4n) is 2.80. The summed E-state index contributed by atoms with van der Waals surface area (Å²) in [5.41, 5.74) is 1.83. The average molecular weight is 319 g/mol. The molecular weight excluding hydrogens is 298 g/mol. The second-order valence-corrected chi connectivity index (χ2v) is 5.84. The van der Waals surface area contributed by atoms with Gasteiger partial charge in [0.05, 0.1) is 24.4 Å².